The van der Waals surface area contributed by atoms with Gasteiger partial charge in [0.05, 0.1) is 48.0 Å². The Morgan fingerprint density at radius 3 is 2.46 bits per heavy atom. The molecule has 14 heteroatoms. The first-order valence-electron chi connectivity index (χ1n) is 13.2. The van der Waals surface area contributed by atoms with E-state index >= 15 is 0 Å². The third kappa shape index (κ3) is 5.78. The van der Waals surface area contributed by atoms with Gasteiger partial charge in [0.1, 0.15) is 6.17 Å². The maximum absolute atomic E-state index is 14.0. The Morgan fingerprint density at radius 1 is 0.927 bits per heavy atom. The zero-order valence-corrected chi connectivity index (χ0v) is 22.8. The summed E-state index contributed by atoms with van der Waals surface area (Å²) in [5.41, 5.74) is 1.47. The SMILES string of the molecule is O=S(=O)(NC(c1ccnc(N2CCOC(n3c(C(F)F)nc4ccccc43)C2)n1)N1CCOCC1)c1ccccc1. The van der Waals surface area contributed by atoms with E-state index in [9.17, 15) is 17.2 Å². The third-order valence-electron chi connectivity index (χ3n) is 7.11. The second-order valence-electron chi connectivity index (χ2n) is 9.67. The molecule has 11 nitrogen and oxygen atoms in total. The van der Waals surface area contributed by atoms with Crippen LogP contribution in [0.5, 0.6) is 0 Å². The zero-order valence-electron chi connectivity index (χ0n) is 22.0. The number of fused-ring (bicyclic) bond motifs is 1. The summed E-state index contributed by atoms with van der Waals surface area (Å²) in [5.74, 6) is -0.0218. The molecule has 2 saturated heterocycles. The summed E-state index contributed by atoms with van der Waals surface area (Å²) in [6.45, 7) is 2.79. The average Bonchev–Trinajstić information content (AvgIpc) is 3.41. The van der Waals surface area contributed by atoms with Gasteiger partial charge in [-0.05, 0) is 30.3 Å². The smallest absolute Gasteiger partial charge is 0.295 e. The second kappa shape index (κ2) is 11.7. The number of para-hydroxylation sites is 2. The Kier molecular flexibility index (Phi) is 7.90. The summed E-state index contributed by atoms with van der Waals surface area (Å²) in [5, 5.41) is 0. The molecule has 2 atom stereocenters. The number of rotatable bonds is 8. The van der Waals surface area contributed by atoms with Crippen molar-refractivity contribution in [1.82, 2.24) is 29.1 Å². The van der Waals surface area contributed by atoms with Crippen LogP contribution in [0, 0.1) is 0 Å². The molecule has 0 aliphatic carbocycles. The van der Waals surface area contributed by atoms with Crippen LogP contribution in [0.1, 0.15) is 30.3 Å². The minimum absolute atomic E-state index is 0.144. The van der Waals surface area contributed by atoms with Gasteiger partial charge in [0, 0.05) is 25.8 Å². The lowest BCUT2D eigenvalue weighted by Gasteiger charge is -2.36. The molecule has 0 bridgehead atoms. The highest BCUT2D eigenvalue weighted by molar-refractivity contribution is 7.89. The molecule has 2 aromatic carbocycles. The van der Waals surface area contributed by atoms with Gasteiger partial charge in [-0.15, -0.1) is 0 Å². The number of sulfonamides is 1. The number of nitrogens with one attached hydrogen (secondary N) is 1. The molecule has 0 amide bonds. The molecular weight excluding hydrogens is 556 g/mol. The number of halogens is 2. The maximum atomic E-state index is 14.0. The second-order valence-corrected chi connectivity index (χ2v) is 11.4. The fourth-order valence-electron chi connectivity index (χ4n) is 5.13. The van der Waals surface area contributed by atoms with E-state index in [0.717, 1.165) is 0 Å². The van der Waals surface area contributed by atoms with Gasteiger partial charge in [0.2, 0.25) is 16.0 Å². The van der Waals surface area contributed by atoms with Crippen molar-refractivity contribution >= 4 is 27.0 Å². The van der Waals surface area contributed by atoms with Crippen molar-refractivity contribution in [3.8, 4) is 0 Å². The van der Waals surface area contributed by atoms with Crippen molar-refractivity contribution in [1.29, 1.82) is 0 Å². The molecule has 4 heterocycles. The Balaban J connectivity index is 1.30. The molecule has 6 rings (SSSR count). The summed E-state index contributed by atoms with van der Waals surface area (Å²) in [7, 11) is -3.87. The number of benzene rings is 2. The number of nitrogens with zero attached hydrogens (tertiary/aromatic N) is 6. The highest BCUT2D eigenvalue weighted by Crippen LogP contribution is 2.31. The zero-order chi connectivity index (χ0) is 28.4. The van der Waals surface area contributed by atoms with Crippen LogP contribution < -0.4 is 9.62 Å². The van der Waals surface area contributed by atoms with Gasteiger partial charge in [-0.3, -0.25) is 9.47 Å². The summed E-state index contributed by atoms with van der Waals surface area (Å²) in [6, 6.07) is 16.8. The number of morpholine rings is 2. The number of imidazole rings is 1. The number of alkyl halides is 2. The Labute approximate surface area is 235 Å². The van der Waals surface area contributed by atoms with Crippen molar-refractivity contribution in [2.75, 3.05) is 50.9 Å². The predicted octanol–water partition coefficient (Wildman–Crippen LogP) is 3.11. The minimum atomic E-state index is -3.87. The lowest BCUT2D eigenvalue weighted by atomic mass is 10.2. The van der Waals surface area contributed by atoms with Gasteiger partial charge in [0.25, 0.3) is 6.43 Å². The number of anilines is 1. The third-order valence-corrected chi connectivity index (χ3v) is 8.54. The topological polar surface area (TPSA) is 115 Å². The minimum Gasteiger partial charge on any atom is -0.379 e. The first-order chi connectivity index (χ1) is 19.9. The van der Waals surface area contributed by atoms with Gasteiger partial charge in [-0.2, -0.15) is 4.72 Å². The lowest BCUT2D eigenvalue weighted by molar-refractivity contribution is -0.0142. The van der Waals surface area contributed by atoms with Crippen LogP contribution in [-0.2, 0) is 19.5 Å². The van der Waals surface area contributed by atoms with Crippen molar-refractivity contribution < 1.29 is 26.7 Å². The van der Waals surface area contributed by atoms with Crippen LogP contribution in [0.25, 0.3) is 11.0 Å². The molecule has 2 aromatic heterocycles. The van der Waals surface area contributed by atoms with E-state index in [-0.39, 0.29) is 23.9 Å². The summed E-state index contributed by atoms with van der Waals surface area (Å²) >= 11 is 0. The van der Waals surface area contributed by atoms with Crippen LogP contribution in [0.3, 0.4) is 0 Å². The molecule has 0 spiro atoms. The van der Waals surface area contributed by atoms with Crippen molar-refractivity contribution in [2.24, 2.45) is 0 Å². The largest absolute Gasteiger partial charge is 0.379 e. The van der Waals surface area contributed by atoms with Crippen molar-refractivity contribution in [3.05, 3.63) is 78.4 Å². The van der Waals surface area contributed by atoms with Gasteiger partial charge >= 0.3 is 0 Å². The summed E-state index contributed by atoms with van der Waals surface area (Å²) < 4.78 is 70.2. The van der Waals surface area contributed by atoms with E-state index < -0.39 is 28.8 Å². The monoisotopic (exact) mass is 585 g/mol. The highest BCUT2D eigenvalue weighted by atomic mass is 32.2. The molecule has 0 saturated carbocycles. The Bertz CT molecular complexity index is 1600. The number of ether oxygens (including phenoxy) is 2. The van der Waals surface area contributed by atoms with Crippen LogP contribution >= 0.6 is 0 Å². The van der Waals surface area contributed by atoms with E-state index in [1.807, 2.05) is 9.80 Å². The van der Waals surface area contributed by atoms with Gasteiger partial charge < -0.3 is 14.4 Å². The fraction of sp³-hybridized carbons (Fsp3) is 0.370. The first-order valence-corrected chi connectivity index (χ1v) is 14.7. The van der Waals surface area contributed by atoms with E-state index in [4.69, 9.17) is 14.5 Å². The molecule has 1 N–H and O–H groups in total. The first kappa shape index (κ1) is 27.6. The fourth-order valence-corrected chi connectivity index (χ4v) is 6.34. The predicted molar refractivity (Wildman–Crippen MR) is 146 cm³/mol. The molecule has 0 radical (unpaired) electrons. The van der Waals surface area contributed by atoms with E-state index in [0.29, 0.717) is 55.5 Å². The molecular formula is C27H29F2N7O4S. The average molecular weight is 586 g/mol. The molecule has 2 fully saturated rings. The van der Waals surface area contributed by atoms with Crippen LogP contribution in [0.15, 0.2) is 71.8 Å². The van der Waals surface area contributed by atoms with Crippen molar-refractivity contribution in [2.45, 2.75) is 23.7 Å². The Hall–Kier alpha value is -3.56. The maximum Gasteiger partial charge on any atom is 0.295 e. The normalized spacial score (nSPS) is 19.6. The van der Waals surface area contributed by atoms with E-state index in [1.165, 1.54) is 16.7 Å². The van der Waals surface area contributed by atoms with E-state index in [2.05, 4.69) is 14.7 Å². The lowest BCUT2D eigenvalue weighted by Crippen LogP contribution is -2.47. The summed E-state index contributed by atoms with van der Waals surface area (Å²) in [6.07, 6.45) is -2.73. The number of aromatic nitrogens is 4. The van der Waals surface area contributed by atoms with Gasteiger partial charge in [-0.1, -0.05) is 30.3 Å². The molecule has 2 aliphatic rings. The van der Waals surface area contributed by atoms with Crippen LogP contribution in [0.2, 0.25) is 0 Å². The quantitative estimate of drug-likeness (QED) is 0.333. The summed E-state index contributed by atoms with van der Waals surface area (Å²) in [4.78, 5) is 17.3. The van der Waals surface area contributed by atoms with Gasteiger partial charge in [-0.25, -0.2) is 32.2 Å². The molecule has 2 aliphatic heterocycles. The highest BCUT2D eigenvalue weighted by Gasteiger charge is 2.32. The van der Waals surface area contributed by atoms with Crippen molar-refractivity contribution in [3.63, 3.8) is 0 Å². The van der Waals surface area contributed by atoms with Crippen LogP contribution in [0.4, 0.5) is 14.7 Å². The molecule has 216 valence electrons. The van der Waals surface area contributed by atoms with Gasteiger partial charge in [0.15, 0.2) is 12.1 Å². The number of hydrogen-bond acceptors (Lipinski definition) is 9. The molecule has 4 aromatic rings. The molecule has 41 heavy (non-hydrogen) atoms. The van der Waals surface area contributed by atoms with Crippen LogP contribution in [-0.4, -0.2) is 78.8 Å². The van der Waals surface area contributed by atoms with E-state index in [1.54, 1.807) is 54.7 Å². The standard InChI is InChI=1S/C27H29F2N7O4S/c28-24(29)26-31-20-8-4-5-9-22(20)36(26)23-18-35(14-17-40-23)27-30-11-10-21(32-27)25(34-12-15-39-16-13-34)33-41(37,38)19-6-2-1-3-7-19/h1-11,23-25,33H,12-18H2. The Morgan fingerprint density at radius 2 is 1.68 bits per heavy atom. The molecule has 2 unspecified atom stereocenters. The number of hydrogen-bond donors (Lipinski definition) is 1.